The number of carbonyl (C=O) groups is 1. The molecule has 7 rings (SSSR count). The van der Waals surface area contributed by atoms with E-state index in [0.717, 1.165) is 65.4 Å². The lowest BCUT2D eigenvalue weighted by molar-refractivity contribution is -0.155. The first kappa shape index (κ1) is 23.3. The van der Waals surface area contributed by atoms with E-state index in [9.17, 15) is 4.79 Å². The van der Waals surface area contributed by atoms with Gasteiger partial charge in [0.1, 0.15) is 17.2 Å². The SMILES string of the molecule is COC(=O)C1CC2(C1)CN(c1ccc(-n3c(-c4cccnc4N)nc4ccc(-c5ccccc5)nc43)cn1)C2. The van der Waals surface area contributed by atoms with Gasteiger partial charge >= 0.3 is 5.97 Å². The fourth-order valence-electron chi connectivity index (χ4n) is 5.96. The molecule has 2 N–H and O–H groups in total. The number of pyridine rings is 3. The van der Waals surface area contributed by atoms with Crippen molar-refractivity contribution in [1.82, 2.24) is 24.5 Å². The Balaban J connectivity index is 1.24. The number of methoxy groups -OCH3 is 1. The lowest BCUT2D eigenvalue weighted by Crippen LogP contribution is -2.63. The second-order valence-corrected chi connectivity index (χ2v) is 10.5. The van der Waals surface area contributed by atoms with Crippen LogP contribution in [0.4, 0.5) is 11.6 Å². The number of ether oxygens (including phenoxy) is 1. The van der Waals surface area contributed by atoms with E-state index < -0.39 is 0 Å². The Bertz CT molecular complexity index is 1680. The van der Waals surface area contributed by atoms with Gasteiger partial charge < -0.3 is 15.4 Å². The summed E-state index contributed by atoms with van der Waals surface area (Å²) in [4.78, 5) is 33.1. The molecule has 1 aliphatic heterocycles. The molecule has 39 heavy (non-hydrogen) atoms. The first-order valence-electron chi connectivity index (χ1n) is 13.0. The number of anilines is 2. The number of hydrogen-bond acceptors (Lipinski definition) is 8. The molecule has 2 fully saturated rings. The third-order valence-electron chi connectivity index (χ3n) is 7.91. The van der Waals surface area contributed by atoms with Gasteiger partial charge in [0.15, 0.2) is 11.5 Å². The number of nitrogen functional groups attached to an aromatic ring is 1. The largest absolute Gasteiger partial charge is 0.469 e. The third kappa shape index (κ3) is 3.89. The van der Waals surface area contributed by atoms with Crippen LogP contribution in [0, 0.1) is 11.3 Å². The van der Waals surface area contributed by atoms with Crippen LogP contribution in [0.25, 0.3) is 39.5 Å². The summed E-state index contributed by atoms with van der Waals surface area (Å²) < 4.78 is 6.90. The van der Waals surface area contributed by atoms with Crippen LogP contribution in [-0.2, 0) is 9.53 Å². The summed E-state index contributed by atoms with van der Waals surface area (Å²) in [5, 5.41) is 0. The monoisotopic (exact) mass is 517 g/mol. The van der Waals surface area contributed by atoms with Crippen molar-refractivity contribution < 1.29 is 9.53 Å². The van der Waals surface area contributed by atoms with Gasteiger partial charge in [-0.3, -0.25) is 9.36 Å². The molecule has 0 amide bonds. The molecule has 0 unspecified atom stereocenters. The first-order chi connectivity index (χ1) is 19.0. The van der Waals surface area contributed by atoms with E-state index in [-0.39, 0.29) is 17.3 Å². The van der Waals surface area contributed by atoms with Gasteiger partial charge in [0.2, 0.25) is 0 Å². The Labute approximate surface area is 225 Å². The number of fused-ring (bicyclic) bond motifs is 1. The van der Waals surface area contributed by atoms with Gasteiger partial charge in [0, 0.05) is 30.3 Å². The minimum Gasteiger partial charge on any atom is -0.469 e. The summed E-state index contributed by atoms with van der Waals surface area (Å²) in [5.41, 5.74) is 11.4. The highest BCUT2D eigenvalue weighted by Gasteiger charge is 2.55. The fourth-order valence-corrected chi connectivity index (χ4v) is 5.96. The number of nitrogens with zero attached hydrogens (tertiary/aromatic N) is 6. The molecule has 0 radical (unpaired) electrons. The molecule has 4 aromatic heterocycles. The van der Waals surface area contributed by atoms with E-state index in [1.54, 1.807) is 6.20 Å². The zero-order valence-electron chi connectivity index (χ0n) is 21.5. The van der Waals surface area contributed by atoms with Crippen molar-refractivity contribution in [2.75, 3.05) is 30.8 Å². The van der Waals surface area contributed by atoms with Crippen LogP contribution in [0.1, 0.15) is 12.8 Å². The number of nitrogens with two attached hydrogens (primary N) is 1. The molecule has 0 atom stereocenters. The van der Waals surface area contributed by atoms with Crippen LogP contribution in [0.2, 0.25) is 0 Å². The van der Waals surface area contributed by atoms with Crippen LogP contribution < -0.4 is 10.6 Å². The van der Waals surface area contributed by atoms with Crippen molar-refractivity contribution in [2.45, 2.75) is 12.8 Å². The van der Waals surface area contributed by atoms with Crippen molar-refractivity contribution in [1.29, 1.82) is 0 Å². The first-order valence-corrected chi connectivity index (χ1v) is 13.0. The number of carbonyl (C=O) groups excluding carboxylic acids is 1. The molecule has 1 aromatic carbocycles. The highest BCUT2D eigenvalue weighted by molar-refractivity contribution is 5.84. The van der Waals surface area contributed by atoms with Crippen molar-refractivity contribution in [3.05, 3.63) is 79.1 Å². The van der Waals surface area contributed by atoms with Crippen molar-refractivity contribution in [3.63, 3.8) is 0 Å². The normalized spacial score (nSPS) is 16.2. The maximum atomic E-state index is 11.8. The summed E-state index contributed by atoms with van der Waals surface area (Å²) >= 11 is 0. The Morgan fingerprint density at radius 2 is 1.79 bits per heavy atom. The molecule has 9 heteroatoms. The van der Waals surface area contributed by atoms with Gasteiger partial charge in [-0.15, -0.1) is 0 Å². The minimum atomic E-state index is -0.0943. The zero-order chi connectivity index (χ0) is 26.6. The smallest absolute Gasteiger partial charge is 0.308 e. The van der Waals surface area contributed by atoms with Crippen molar-refractivity contribution in [3.8, 4) is 28.3 Å². The molecule has 1 spiro atoms. The quantitative estimate of drug-likeness (QED) is 0.339. The van der Waals surface area contributed by atoms with Crippen LogP contribution in [0.5, 0.6) is 0 Å². The number of benzene rings is 1. The van der Waals surface area contributed by atoms with Gasteiger partial charge in [0.25, 0.3) is 0 Å². The number of esters is 1. The Morgan fingerprint density at radius 3 is 2.51 bits per heavy atom. The average molecular weight is 518 g/mol. The highest BCUT2D eigenvalue weighted by Crippen LogP contribution is 2.53. The van der Waals surface area contributed by atoms with Crippen LogP contribution >= 0.6 is 0 Å². The van der Waals surface area contributed by atoms with E-state index in [1.165, 1.54) is 7.11 Å². The summed E-state index contributed by atoms with van der Waals surface area (Å²) in [6.07, 6.45) is 5.30. The predicted molar refractivity (Wildman–Crippen MR) is 149 cm³/mol. The number of hydrogen-bond donors (Lipinski definition) is 1. The average Bonchev–Trinajstić information content (AvgIpc) is 3.31. The third-order valence-corrected chi connectivity index (χ3v) is 7.91. The lowest BCUT2D eigenvalue weighted by Gasteiger charge is -2.58. The Morgan fingerprint density at radius 1 is 0.974 bits per heavy atom. The second-order valence-electron chi connectivity index (χ2n) is 10.5. The molecule has 1 aliphatic carbocycles. The fraction of sp³-hybridized carbons (Fsp3) is 0.233. The van der Waals surface area contributed by atoms with Gasteiger partial charge in [0.05, 0.1) is 36.2 Å². The van der Waals surface area contributed by atoms with E-state index in [2.05, 4.69) is 9.88 Å². The predicted octanol–water partition coefficient (Wildman–Crippen LogP) is 4.52. The molecule has 5 heterocycles. The molecule has 5 aromatic rings. The molecular weight excluding hydrogens is 490 g/mol. The lowest BCUT2D eigenvalue weighted by atomic mass is 9.58. The van der Waals surface area contributed by atoms with Gasteiger partial charge in [-0.1, -0.05) is 30.3 Å². The molecular formula is C30H27N7O2. The maximum absolute atomic E-state index is 11.8. The number of imidazole rings is 1. The minimum absolute atomic E-state index is 0.0358. The summed E-state index contributed by atoms with van der Waals surface area (Å²) in [7, 11) is 1.46. The molecule has 2 aliphatic rings. The van der Waals surface area contributed by atoms with E-state index in [0.29, 0.717) is 11.6 Å². The molecule has 194 valence electrons. The van der Waals surface area contributed by atoms with Crippen LogP contribution in [-0.4, -0.2) is 50.7 Å². The van der Waals surface area contributed by atoms with E-state index >= 15 is 0 Å². The van der Waals surface area contributed by atoms with Crippen LogP contribution in [0.15, 0.2) is 79.1 Å². The maximum Gasteiger partial charge on any atom is 0.308 e. The van der Waals surface area contributed by atoms with Crippen molar-refractivity contribution >= 4 is 28.8 Å². The molecule has 1 saturated heterocycles. The number of rotatable bonds is 5. The van der Waals surface area contributed by atoms with Crippen LogP contribution in [0.3, 0.4) is 0 Å². The van der Waals surface area contributed by atoms with Gasteiger partial charge in [-0.2, -0.15) is 0 Å². The van der Waals surface area contributed by atoms with Crippen molar-refractivity contribution in [2.24, 2.45) is 11.3 Å². The summed E-state index contributed by atoms with van der Waals surface area (Å²) in [5.74, 6) is 1.92. The number of aromatic nitrogens is 5. The Hall–Kier alpha value is -4.79. The summed E-state index contributed by atoms with van der Waals surface area (Å²) in [6, 6.07) is 21.9. The molecule has 0 bridgehead atoms. The van der Waals surface area contributed by atoms with E-state index in [1.807, 2.05) is 77.5 Å². The second kappa shape index (κ2) is 8.90. The van der Waals surface area contributed by atoms with E-state index in [4.69, 9.17) is 25.4 Å². The Kier molecular flexibility index (Phi) is 5.33. The van der Waals surface area contributed by atoms with Gasteiger partial charge in [-0.25, -0.2) is 19.9 Å². The summed E-state index contributed by atoms with van der Waals surface area (Å²) in [6.45, 7) is 1.81. The molecule has 9 nitrogen and oxygen atoms in total. The zero-order valence-corrected chi connectivity index (χ0v) is 21.5. The van der Waals surface area contributed by atoms with Gasteiger partial charge in [-0.05, 0) is 49.2 Å². The standard InChI is InChI=1S/C30H27N7O2/c1-39-29(38)20-14-30(15-20)17-36(18-30)25-12-9-21(16-33-25)37-27(22-8-5-13-32-26(22)31)35-24-11-10-23(34-28(24)37)19-6-3-2-4-7-19/h2-13,16,20H,14-15,17-18H2,1H3,(H2,31,32). The topological polar surface area (TPSA) is 112 Å². The molecule has 1 saturated carbocycles. The highest BCUT2D eigenvalue weighted by atomic mass is 16.5.